The molecule has 0 aliphatic carbocycles. The zero-order valence-corrected chi connectivity index (χ0v) is 17.2. The Kier molecular flexibility index (Phi) is 5.48. The van der Waals surface area contributed by atoms with Crippen molar-refractivity contribution in [3.05, 3.63) is 47.9 Å². The lowest BCUT2D eigenvalue weighted by Gasteiger charge is -2.23. The van der Waals surface area contributed by atoms with Gasteiger partial charge in [0.1, 0.15) is 17.4 Å². The van der Waals surface area contributed by atoms with E-state index in [1.165, 1.54) is 10.7 Å². The highest BCUT2D eigenvalue weighted by molar-refractivity contribution is 6.09. The molecule has 3 aromatic rings. The second-order valence-corrected chi connectivity index (χ2v) is 7.54. The summed E-state index contributed by atoms with van der Waals surface area (Å²) < 4.78 is 35.0. The molecule has 1 saturated heterocycles. The molecule has 8 nitrogen and oxygen atoms in total. The molecular weight excluding hydrogens is 408 g/mol. The molecule has 31 heavy (non-hydrogen) atoms. The van der Waals surface area contributed by atoms with Gasteiger partial charge < -0.3 is 20.1 Å². The third kappa shape index (κ3) is 4.02. The molecule has 1 atom stereocenters. The van der Waals surface area contributed by atoms with Crippen LogP contribution >= 0.6 is 0 Å². The van der Waals surface area contributed by atoms with E-state index in [9.17, 15) is 13.6 Å². The molecule has 2 aliphatic rings. The Balaban J connectivity index is 0.00000112. The highest BCUT2D eigenvalue weighted by Gasteiger charge is 2.39. The molecule has 4 heterocycles. The largest absolute Gasteiger partial charge is 0.490 e. The minimum atomic E-state index is -2.75. The molecule has 0 radical (unpaired) electrons. The molecule has 1 aromatic carbocycles. The summed E-state index contributed by atoms with van der Waals surface area (Å²) in [4.78, 5) is 18.7. The van der Waals surface area contributed by atoms with Crippen molar-refractivity contribution >= 4 is 22.9 Å². The number of halogens is 2. The number of carbonyl (C=O) groups excluding carboxylic acids is 1. The fraction of sp³-hybridized carbons (Fsp3) is 0.381. The van der Waals surface area contributed by atoms with Crippen LogP contribution in [0.15, 0.2) is 36.8 Å². The molecule has 0 spiro atoms. The summed E-state index contributed by atoms with van der Waals surface area (Å²) in [6.07, 6.45) is 5.22. The predicted molar refractivity (Wildman–Crippen MR) is 111 cm³/mol. The molecule has 1 amide bonds. The van der Waals surface area contributed by atoms with Crippen molar-refractivity contribution in [2.75, 3.05) is 30.4 Å². The van der Waals surface area contributed by atoms with Gasteiger partial charge in [0.15, 0.2) is 5.65 Å². The van der Waals surface area contributed by atoms with E-state index in [1.807, 2.05) is 13.0 Å². The molecule has 10 heteroatoms. The summed E-state index contributed by atoms with van der Waals surface area (Å²) in [6.45, 7) is 1.78. The van der Waals surface area contributed by atoms with Gasteiger partial charge in [0.25, 0.3) is 11.8 Å². The highest BCUT2D eigenvalue weighted by Crippen LogP contribution is 2.41. The number of aliphatic hydroxyl groups excluding tert-OH is 1. The third-order valence-electron chi connectivity index (χ3n) is 5.30. The first-order valence-electron chi connectivity index (χ1n) is 9.90. The highest BCUT2D eigenvalue weighted by atomic mass is 19.3. The molecule has 1 fully saturated rings. The maximum atomic E-state index is 13.8. The van der Waals surface area contributed by atoms with E-state index < -0.39 is 11.8 Å². The fourth-order valence-corrected chi connectivity index (χ4v) is 3.93. The van der Waals surface area contributed by atoms with Gasteiger partial charge in [-0.3, -0.25) is 4.79 Å². The Labute approximate surface area is 177 Å². The van der Waals surface area contributed by atoms with E-state index in [0.717, 1.165) is 12.7 Å². The van der Waals surface area contributed by atoms with E-state index in [-0.39, 0.29) is 25.6 Å². The SMILES string of the molecule is CC1Cc2cc(NC(=O)c3cnn4cccnc34)c(N3CCC(F)(F)C3)cc2O1.CO. The first-order valence-corrected chi connectivity index (χ1v) is 9.90. The number of alkyl halides is 2. The maximum Gasteiger partial charge on any atom is 0.266 e. The summed E-state index contributed by atoms with van der Waals surface area (Å²) in [6, 6.07) is 5.29. The van der Waals surface area contributed by atoms with Gasteiger partial charge in [0, 0.05) is 50.5 Å². The smallest absolute Gasteiger partial charge is 0.266 e. The van der Waals surface area contributed by atoms with Crippen molar-refractivity contribution < 1.29 is 23.4 Å². The van der Waals surface area contributed by atoms with E-state index >= 15 is 0 Å². The number of aliphatic hydroxyl groups is 1. The van der Waals surface area contributed by atoms with Crippen molar-refractivity contribution in [3.8, 4) is 5.75 Å². The van der Waals surface area contributed by atoms with Gasteiger partial charge in [-0.2, -0.15) is 5.10 Å². The van der Waals surface area contributed by atoms with Crippen LogP contribution in [0.4, 0.5) is 20.2 Å². The maximum absolute atomic E-state index is 13.8. The number of hydrogen-bond acceptors (Lipinski definition) is 6. The van der Waals surface area contributed by atoms with Crippen LogP contribution in [0, 0.1) is 0 Å². The zero-order valence-electron chi connectivity index (χ0n) is 17.2. The lowest BCUT2D eigenvalue weighted by Crippen LogP contribution is -2.26. The number of fused-ring (bicyclic) bond motifs is 2. The first kappa shape index (κ1) is 21.0. The quantitative estimate of drug-likeness (QED) is 0.663. The number of nitrogens with zero attached hydrogens (tertiary/aromatic N) is 4. The lowest BCUT2D eigenvalue weighted by atomic mass is 10.1. The van der Waals surface area contributed by atoms with Crippen LogP contribution in [0.2, 0.25) is 0 Å². The number of benzene rings is 1. The van der Waals surface area contributed by atoms with E-state index in [0.29, 0.717) is 34.8 Å². The van der Waals surface area contributed by atoms with Crippen molar-refractivity contribution in [3.63, 3.8) is 0 Å². The van der Waals surface area contributed by atoms with Gasteiger partial charge in [0.05, 0.1) is 24.1 Å². The third-order valence-corrected chi connectivity index (χ3v) is 5.30. The van der Waals surface area contributed by atoms with E-state index in [1.54, 1.807) is 29.4 Å². The Morgan fingerprint density at radius 3 is 2.90 bits per heavy atom. The average Bonchev–Trinajstić information content (AvgIpc) is 3.44. The Morgan fingerprint density at radius 2 is 2.16 bits per heavy atom. The van der Waals surface area contributed by atoms with Crippen molar-refractivity contribution in [1.29, 1.82) is 0 Å². The van der Waals surface area contributed by atoms with Gasteiger partial charge in [-0.05, 0) is 19.1 Å². The van der Waals surface area contributed by atoms with Gasteiger partial charge in [-0.25, -0.2) is 18.3 Å². The molecule has 164 valence electrons. The van der Waals surface area contributed by atoms with Crippen molar-refractivity contribution in [2.45, 2.75) is 31.8 Å². The monoisotopic (exact) mass is 431 g/mol. The summed E-state index contributed by atoms with van der Waals surface area (Å²) in [7, 11) is 1.00. The number of aromatic nitrogens is 3. The number of rotatable bonds is 3. The number of hydrogen-bond donors (Lipinski definition) is 2. The fourth-order valence-electron chi connectivity index (χ4n) is 3.93. The van der Waals surface area contributed by atoms with E-state index in [2.05, 4.69) is 15.4 Å². The molecule has 0 saturated carbocycles. The Morgan fingerprint density at radius 1 is 1.35 bits per heavy atom. The van der Waals surface area contributed by atoms with Crippen LogP contribution in [0.5, 0.6) is 5.75 Å². The van der Waals surface area contributed by atoms with E-state index in [4.69, 9.17) is 9.84 Å². The normalized spacial score (nSPS) is 18.9. The first-order chi connectivity index (χ1) is 14.9. The lowest BCUT2D eigenvalue weighted by molar-refractivity contribution is 0.0257. The number of carbonyl (C=O) groups is 1. The summed E-state index contributed by atoms with van der Waals surface area (Å²) in [5, 5.41) is 14.0. The van der Waals surface area contributed by atoms with Gasteiger partial charge >= 0.3 is 0 Å². The summed E-state index contributed by atoms with van der Waals surface area (Å²) in [5.41, 5.74) is 2.71. The van der Waals surface area contributed by atoms with Crippen LogP contribution in [0.25, 0.3) is 5.65 Å². The summed E-state index contributed by atoms with van der Waals surface area (Å²) >= 11 is 0. The average molecular weight is 431 g/mol. The minimum absolute atomic E-state index is 0.00707. The molecule has 5 rings (SSSR count). The van der Waals surface area contributed by atoms with Gasteiger partial charge in [0.2, 0.25) is 0 Å². The molecule has 2 N–H and O–H groups in total. The second-order valence-electron chi connectivity index (χ2n) is 7.54. The standard InChI is InChI=1S/C20H19F2N5O2.CH4O/c1-12-7-13-8-15(16(9-17(13)29-12)26-6-3-20(21,22)11-26)25-19(28)14-10-24-27-5-2-4-23-18(14)27;1-2/h2,4-5,8-10,12H,3,6-7,11H2,1H3,(H,25,28);2H,1H3. The molecule has 0 bridgehead atoms. The van der Waals surface area contributed by atoms with Crippen molar-refractivity contribution in [1.82, 2.24) is 14.6 Å². The molecule has 2 aromatic heterocycles. The van der Waals surface area contributed by atoms with Crippen LogP contribution in [0.3, 0.4) is 0 Å². The topological polar surface area (TPSA) is 92.0 Å². The van der Waals surface area contributed by atoms with Gasteiger partial charge in [-0.15, -0.1) is 0 Å². The number of amides is 1. The Hall–Kier alpha value is -3.27. The number of nitrogens with one attached hydrogen (secondary N) is 1. The predicted octanol–water partition coefficient (Wildman–Crippen LogP) is 2.76. The van der Waals surface area contributed by atoms with Crippen LogP contribution in [-0.4, -0.2) is 57.8 Å². The minimum Gasteiger partial charge on any atom is -0.490 e. The van der Waals surface area contributed by atoms with Gasteiger partial charge in [-0.1, -0.05) is 0 Å². The van der Waals surface area contributed by atoms with Crippen molar-refractivity contribution in [2.24, 2.45) is 0 Å². The van der Waals surface area contributed by atoms with Crippen LogP contribution in [0.1, 0.15) is 29.3 Å². The second kappa shape index (κ2) is 8.10. The summed E-state index contributed by atoms with van der Waals surface area (Å²) in [5.74, 6) is -2.46. The molecular formula is C21H23F2N5O3. The van der Waals surface area contributed by atoms with Crippen LogP contribution in [-0.2, 0) is 6.42 Å². The molecule has 1 unspecified atom stereocenters. The molecule has 2 aliphatic heterocycles. The Bertz CT molecular complexity index is 1120. The number of anilines is 2. The van der Waals surface area contributed by atoms with Crippen LogP contribution < -0.4 is 15.0 Å². The zero-order chi connectivity index (χ0) is 22.2. The number of ether oxygens (including phenoxy) is 1.